The second-order valence-corrected chi connectivity index (χ2v) is 6.30. The lowest BCUT2D eigenvalue weighted by molar-refractivity contribution is 0.240. The zero-order valence-corrected chi connectivity index (χ0v) is 14.4. The summed E-state index contributed by atoms with van der Waals surface area (Å²) in [4.78, 5) is 12.0. The van der Waals surface area contributed by atoms with Crippen LogP contribution in [0.5, 0.6) is 0 Å². The quantitative estimate of drug-likeness (QED) is 0.861. The van der Waals surface area contributed by atoms with E-state index in [1.807, 2.05) is 32.2 Å². The number of rotatable bonds is 6. The van der Waals surface area contributed by atoms with Crippen LogP contribution < -0.4 is 10.6 Å². The third kappa shape index (κ3) is 5.13. The first-order chi connectivity index (χ1) is 11.0. The van der Waals surface area contributed by atoms with Crippen molar-refractivity contribution in [1.82, 2.24) is 20.4 Å². The van der Waals surface area contributed by atoms with Gasteiger partial charge >= 0.3 is 6.03 Å². The van der Waals surface area contributed by atoms with Crippen molar-refractivity contribution in [2.45, 2.75) is 40.3 Å². The molecule has 2 N–H and O–H groups in total. The molecule has 0 radical (unpaired) electrons. The van der Waals surface area contributed by atoms with Crippen molar-refractivity contribution in [2.75, 3.05) is 0 Å². The molecule has 23 heavy (non-hydrogen) atoms. The largest absolute Gasteiger partial charge is 0.334 e. The summed E-state index contributed by atoms with van der Waals surface area (Å²) < 4.78 is 1.79. The molecule has 0 aliphatic carbocycles. The van der Waals surface area contributed by atoms with Crippen LogP contribution in [0.4, 0.5) is 4.79 Å². The summed E-state index contributed by atoms with van der Waals surface area (Å²) >= 11 is 0. The third-order valence-corrected chi connectivity index (χ3v) is 3.71. The van der Waals surface area contributed by atoms with Crippen LogP contribution in [-0.2, 0) is 26.6 Å². The Labute approximate surface area is 138 Å². The van der Waals surface area contributed by atoms with Crippen molar-refractivity contribution in [2.24, 2.45) is 13.0 Å². The Kier molecular flexibility index (Phi) is 5.79. The Hall–Kier alpha value is -2.30. The minimum Gasteiger partial charge on any atom is -0.334 e. The van der Waals surface area contributed by atoms with Crippen LogP contribution in [-0.4, -0.2) is 15.8 Å². The van der Waals surface area contributed by atoms with Crippen LogP contribution in [0.2, 0.25) is 0 Å². The number of nitrogens with zero attached hydrogens (tertiary/aromatic N) is 2. The molecule has 0 saturated heterocycles. The fourth-order valence-electron chi connectivity index (χ4n) is 2.61. The van der Waals surface area contributed by atoms with Gasteiger partial charge in [-0.15, -0.1) is 0 Å². The van der Waals surface area contributed by atoms with E-state index < -0.39 is 0 Å². The number of carbonyl (C=O) groups is 1. The second-order valence-electron chi connectivity index (χ2n) is 6.30. The summed E-state index contributed by atoms with van der Waals surface area (Å²) in [7, 11) is 1.88. The third-order valence-electron chi connectivity index (χ3n) is 3.71. The Balaban J connectivity index is 1.86. The number of amides is 2. The lowest BCUT2D eigenvalue weighted by Gasteiger charge is -2.13. The first kappa shape index (κ1) is 17.1. The predicted octanol–water partition coefficient (Wildman–Crippen LogP) is 2.93. The molecule has 0 aliphatic rings. The molecule has 2 aromatic rings. The van der Waals surface area contributed by atoms with Gasteiger partial charge in [-0.3, -0.25) is 4.68 Å². The number of hydrogen-bond acceptors (Lipinski definition) is 2. The molecule has 0 bridgehead atoms. The van der Waals surface area contributed by atoms with E-state index in [2.05, 4.69) is 41.7 Å². The monoisotopic (exact) mass is 314 g/mol. The highest BCUT2D eigenvalue weighted by Crippen LogP contribution is 2.13. The number of hydrogen-bond donors (Lipinski definition) is 2. The van der Waals surface area contributed by atoms with Gasteiger partial charge in [0.15, 0.2) is 0 Å². The Morgan fingerprint density at radius 3 is 2.43 bits per heavy atom. The molecule has 0 aliphatic heterocycles. The van der Waals surface area contributed by atoms with Crippen LogP contribution in [0.15, 0.2) is 30.3 Å². The smallest absolute Gasteiger partial charge is 0.315 e. The number of aromatic nitrogens is 2. The Bertz CT molecular complexity index is 661. The Morgan fingerprint density at radius 2 is 1.83 bits per heavy atom. The van der Waals surface area contributed by atoms with Crippen molar-refractivity contribution in [3.8, 4) is 0 Å². The van der Waals surface area contributed by atoms with E-state index in [1.165, 1.54) is 11.1 Å². The summed E-state index contributed by atoms with van der Waals surface area (Å²) in [5.74, 6) is 0.595. The van der Waals surface area contributed by atoms with Crippen LogP contribution in [0.25, 0.3) is 0 Å². The van der Waals surface area contributed by atoms with Crippen LogP contribution in [0.3, 0.4) is 0 Å². The van der Waals surface area contributed by atoms with Crippen LogP contribution >= 0.6 is 0 Å². The zero-order valence-electron chi connectivity index (χ0n) is 14.4. The normalized spacial score (nSPS) is 10.8. The molecular formula is C18H26N4O. The maximum absolute atomic E-state index is 12.0. The number of carbonyl (C=O) groups excluding carboxylic acids is 1. The van der Waals surface area contributed by atoms with Gasteiger partial charge < -0.3 is 10.6 Å². The van der Waals surface area contributed by atoms with E-state index >= 15 is 0 Å². The zero-order chi connectivity index (χ0) is 16.8. The van der Waals surface area contributed by atoms with Gasteiger partial charge in [-0.2, -0.15) is 5.10 Å². The molecular weight excluding hydrogens is 288 g/mol. The minimum absolute atomic E-state index is 0.164. The van der Waals surface area contributed by atoms with E-state index in [4.69, 9.17) is 0 Å². The molecule has 1 aromatic carbocycles. The average molecular weight is 314 g/mol. The topological polar surface area (TPSA) is 59.0 Å². The van der Waals surface area contributed by atoms with Crippen molar-refractivity contribution >= 4 is 6.03 Å². The van der Waals surface area contributed by atoms with Crippen molar-refractivity contribution in [3.63, 3.8) is 0 Å². The van der Waals surface area contributed by atoms with E-state index in [9.17, 15) is 4.79 Å². The van der Waals surface area contributed by atoms with Crippen molar-refractivity contribution in [3.05, 3.63) is 52.8 Å². The second kappa shape index (κ2) is 7.81. The fraction of sp³-hybridized carbons (Fsp3) is 0.444. The lowest BCUT2D eigenvalue weighted by Crippen LogP contribution is -2.35. The molecule has 0 saturated carbocycles. The molecule has 0 spiro atoms. The molecule has 0 unspecified atom stereocenters. The fourth-order valence-corrected chi connectivity index (χ4v) is 2.61. The summed E-state index contributed by atoms with van der Waals surface area (Å²) in [6.45, 7) is 7.35. The molecule has 1 aromatic heterocycles. The van der Waals surface area contributed by atoms with E-state index in [1.54, 1.807) is 4.68 Å². The molecule has 124 valence electrons. The molecule has 0 atom stereocenters. The van der Waals surface area contributed by atoms with Gasteiger partial charge in [-0.05, 0) is 36.5 Å². The number of benzene rings is 1. The number of aryl methyl sites for hydroxylation is 2. The summed E-state index contributed by atoms with van der Waals surface area (Å²) in [6.07, 6.45) is 1.02. The van der Waals surface area contributed by atoms with Gasteiger partial charge in [0.25, 0.3) is 0 Å². The van der Waals surface area contributed by atoms with E-state index in [0.717, 1.165) is 17.8 Å². The highest BCUT2D eigenvalue weighted by atomic mass is 16.2. The van der Waals surface area contributed by atoms with Gasteiger partial charge in [0, 0.05) is 13.6 Å². The maximum atomic E-state index is 12.0. The number of urea groups is 1. The SMILES string of the molecule is Cc1cc(CNC(=O)NCc2ccccc2CC(C)C)n(C)n1. The van der Waals surface area contributed by atoms with Crippen molar-refractivity contribution in [1.29, 1.82) is 0 Å². The van der Waals surface area contributed by atoms with Crippen molar-refractivity contribution < 1.29 is 4.79 Å². The highest BCUT2D eigenvalue weighted by Gasteiger charge is 2.07. The summed E-state index contributed by atoms with van der Waals surface area (Å²) in [5, 5.41) is 10.1. The van der Waals surface area contributed by atoms with Gasteiger partial charge in [0.2, 0.25) is 0 Å². The molecule has 5 nitrogen and oxygen atoms in total. The van der Waals surface area contributed by atoms with E-state index in [0.29, 0.717) is 19.0 Å². The summed E-state index contributed by atoms with van der Waals surface area (Å²) in [5.41, 5.74) is 4.41. The van der Waals surface area contributed by atoms with Gasteiger partial charge in [0.1, 0.15) is 0 Å². The molecule has 2 rings (SSSR count). The predicted molar refractivity (Wildman–Crippen MR) is 92.0 cm³/mol. The standard InChI is InChI=1S/C18H26N4O/c1-13(2)9-15-7-5-6-8-16(15)11-19-18(23)20-12-17-10-14(3)21-22(17)4/h5-8,10,13H,9,11-12H2,1-4H3,(H2,19,20,23). The van der Waals surface area contributed by atoms with E-state index in [-0.39, 0.29) is 6.03 Å². The van der Waals surface area contributed by atoms with Gasteiger partial charge in [0.05, 0.1) is 17.9 Å². The first-order valence-corrected chi connectivity index (χ1v) is 8.03. The molecule has 2 amide bonds. The lowest BCUT2D eigenvalue weighted by atomic mass is 9.98. The average Bonchev–Trinajstić information content (AvgIpc) is 2.81. The molecule has 0 fully saturated rings. The number of nitrogens with one attached hydrogen (secondary N) is 2. The van der Waals surface area contributed by atoms with Crippen LogP contribution in [0, 0.1) is 12.8 Å². The molecule has 5 heteroatoms. The Morgan fingerprint density at radius 1 is 1.17 bits per heavy atom. The van der Waals surface area contributed by atoms with Crippen LogP contribution in [0.1, 0.15) is 36.4 Å². The van der Waals surface area contributed by atoms with Gasteiger partial charge in [-0.1, -0.05) is 38.1 Å². The first-order valence-electron chi connectivity index (χ1n) is 8.03. The summed E-state index contributed by atoms with van der Waals surface area (Å²) in [6, 6.07) is 10.1. The molecule has 1 heterocycles. The minimum atomic E-state index is -0.164. The van der Waals surface area contributed by atoms with Gasteiger partial charge in [-0.25, -0.2) is 4.79 Å². The highest BCUT2D eigenvalue weighted by molar-refractivity contribution is 5.73. The maximum Gasteiger partial charge on any atom is 0.315 e.